The number of aryl methyl sites for hydroxylation is 1. The maximum atomic E-state index is 13.1. The number of amides is 2. The maximum absolute atomic E-state index is 13.1. The monoisotopic (exact) mass is 343 g/mol. The van der Waals surface area contributed by atoms with Crippen LogP contribution in [0.25, 0.3) is 0 Å². The predicted molar refractivity (Wildman–Crippen MR) is 94.8 cm³/mol. The zero-order valence-electron chi connectivity index (χ0n) is 14.7. The molecule has 0 aromatic heterocycles. The molecule has 2 fully saturated rings. The first-order chi connectivity index (χ1) is 12.1. The van der Waals surface area contributed by atoms with Crippen LogP contribution in [0.4, 0.5) is 10.5 Å². The van der Waals surface area contributed by atoms with Crippen LogP contribution in [-0.2, 0) is 11.2 Å². The van der Waals surface area contributed by atoms with Crippen molar-refractivity contribution in [3.8, 4) is 0 Å². The molecule has 0 radical (unpaired) electrons. The molecule has 1 spiro atoms. The number of nitrogens with zero attached hydrogens (tertiary/aromatic N) is 2. The van der Waals surface area contributed by atoms with Gasteiger partial charge in [0.05, 0.1) is 17.8 Å². The third-order valence-electron chi connectivity index (χ3n) is 5.63. The number of rotatable bonds is 1. The molecule has 3 aliphatic heterocycles. The molecule has 134 valence electrons. The Labute approximate surface area is 148 Å². The highest BCUT2D eigenvalue weighted by Gasteiger charge is 2.44. The van der Waals surface area contributed by atoms with Crippen LogP contribution in [-0.4, -0.2) is 60.6 Å². The smallest absolute Gasteiger partial charge is 0.410 e. The Morgan fingerprint density at radius 1 is 1.24 bits per heavy atom. The molecule has 6 heteroatoms. The number of likely N-dealkylation sites (N-methyl/N-ethyl adjacent to an activating group) is 1. The van der Waals surface area contributed by atoms with Crippen molar-refractivity contribution in [2.24, 2.45) is 0 Å². The SMILES string of the molecule is CN1CC2(CCCN(C(=O)c3cccc4c3NCCC4)CC2)OC1=O. The summed E-state index contributed by atoms with van der Waals surface area (Å²) in [6.07, 6.45) is 4.26. The summed E-state index contributed by atoms with van der Waals surface area (Å²) in [5.74, 6) is 0.0842. The molecule has 1 N–H and O–H groups in total. The number of anilines is 1. The Morgan fingerprint density at radius 3 is 2.92 bits per heavy atom. The molecule has 1 aromatic carbocycles. The van der Waals surface area contributed by atoms with Crippen molar-refractivity contribution in [2.45, 2.75) is 37.7 Å². The van der Waals surface area contributed by atoms with Gasteiger partial charge in [-0.3, -0.25) is 4.79 Å². The molecule has 1 aromatic rings. The van der Waals surface area contributed by atoms with Crippen molar-refractivity contribution in [3.63, 3.8) is 0 Å². The van der Waals surface area contributed by atoms with Gasteiger partial charge in [0, 0.05) is 33.1 Å². The normalized spacial score (nSPS) is 26.0. The van der Waals surface area contributed by atoms with E-state index >= 15 is 0 Å². The van der Waals surface area contributed by atoms with E-state index in [1.807, 2.05) is 17.0 Å². The fraction of sp³-hybridized carbons (Fsp3) is 0.579. The lowest BCUT2D eigenvalue weighted by Gasteiger charge is -2.27. The van der Waals surface area contributed by atoms with E-state index in [4.69, 9.17) is 4.74 Å². The average molecular weight is 343 g/mol. The van der Waals surface area contributed by atoms with E-state index < -0.39 is 5.60 Å². The van der Waals surface area contributed by atoms with Gasteiger partial charge < -0.3 is 19.9 Å². The van der Waals surface area contributed by atoms with Gasteiger partial charge in [0.1, 0.15) is 5.60 Å². The van der Waals surface area contributed by atoms with Gasteiger partial charge in [-0.25, -0.2) is 4.79 Å². The Balaban J connectivity index is 1.51. The van der Waals surface area contributed by atoms with Crippen LogP contribution in [0, 0.1) is 0 Å². The second kappa shape index (κ2) is 6.24. The maximum Gasteiger partial charge on any atom is 0.410 e. The minimum atomic E-state index is -0.421. The largest absolute Gasteiger partial charge is 0.441 e. The number of carbonyl (C=O) groups is 2. The molecule has 0 aliphatic carbocycles. The number of hydrogen-bond acceptors (Lipinski definition) is 4. The molecule has 4 rings (SSSR count). The molecule has 3 aliphatic rings. The number of ether oxygens (including phenoxy) is 1. The number of benzene rings is 1. The molecule has 3 heterocycles. The van der Waals surface area contributed by atoms with Gasteiger partial charge >= 0.3 is 6.09 Å². The number of fused-ring (bicyclic) bond motifs is 1. The molecular weight excluding hydrogens is 318 g/mol. The number of para-hydroxylation sites is 1. The van der Waals surface area contributed by atoms with Gasteiger partial charge in [0.25, 0.3) is 5.91 Å². The minimum absolute atomic E-state index is 0.0842. The quantitative estimate of drug-likeness (QED) is 0.851. The summed E-state index contributed by atoms with van der Waals surface area (Å²) < 4.78 is 5.64. The lowest BCUT2D eigenvalue weighted by Crippen LogP contribution is -2.37. The van der Waals surface area contributed by atoms with Crippen molar-refractivity contribution in [1.82, 2.24) is 9.80 Å². The summed E-state index contributed by atoms with van der Waals surface area (Å²) in [4.78, 5) is 28.5. The molecule has 0 bridgehead atoms. The molecule has 1 unspecified atom stereocenters. The van der Waals surface area contributed by atoms with Gasteiger partial charge in [-0.1, -0.05) is 12.1 Å². The van der Waals surface area contributed by atoms with Crippen LogP contribution in [0.1, 0.15) is 41.6 Å². The van der Waals surface area contributed by atoms with E-state index in [2.05, 4.69) is 11.4 Å². The molecular formula is C19H25N3O3. The van der Waals surface area contributed by atoms with E-state index in [0.717, 1.165) is 43.5 Å². The summed E-state index contributed by atoms with van der Waals surface area (Å²) in [5.41, 5.74) is 2.59. The van der Waals surface area contributed by atoms with Gasteiger partial charge in [-0.15, -0.1) is 0 Å². The van der Waals surface area contributed by atoms with E-state index in [1.165, 1.54) is 5.56 Å². The van der Waals surface area contributed by atoms with E-state index in [1.54, 1.807) is 11.9 Å². The van der Waals surface area contributed by atoms with Crippen molar-refractivity contribution in [2.75, 3.05) is 38.5 Å². The van der Waals surface area contributed by atoms with Gasteiger partial charge in [0.2, 0.25) is 0 Å². The predicted octanol–water partition coefficient (Wildman–Crippen LogP) is 2.49. The summed E-state index contributed by atoms with van der Waals surface area (Å²) in [6, 6.07) is 6.00. The van der Waals surface area contributed by atoms with Crippen LogP contribution in [0.5, 0.6) is 0 Å². The fourth-order valence-corrected chi connectivity index (χ4v) is 4.28. The topological polar surface area (TPSA) is 61.9 Å². The first kappa shape index (κ1) is 16.2. The highest BCUT2D eigenvalue weighted by molar-refractivity contribution is 6.00. The molecule has 6 nitrogen and oxygen atoms in total. The van der Waals surface area contributed by atoms with Gasteiger partial charge in [0.15, 0.2) is 0 Å². The van der Waals surface area contributed by atoms with E-state index in [-0.39, 0.29) is 12.0 Å². The van der Waals surface area contributed by atoms with Crippen LogP contribution in [0.15, 0.2) is 18.2 Å². The number of likely N-dealkylation sites (tertiary alicyclic amines) is 1. The van der Waals surface area contributed by atoms with Crippen LogP contribution in [0.3, 0.4) is 0 Å². The second-order valence-electron chi connectivity index (χ2n) is 7.42. The molecule has 2 amide bonds. The highest BCUT2D eigenvalue weighted by Crippen LogP contribution is 2.34. The Morgan fingerprint density at radius 2 is 2.12 bits per heavy atom. The molecule has 1 atom stereocenters. The highest BCUT2D eigenvalue weighted by atomic mass is 16.6. The Kier molecular flexibility index (Phi) is 4.06. The van der Waals surface area contributed by atoms with Crippen molar-refractivity contribution < 1.29 is 14.3 Å². The van der Waals surface area contributed by atoms with E-state index in [0.29, 0.717) is 26.1 Å². The van der Waals surface area contributed by atoms with Gasteiger partial charge in [-0.05, 0) is 37.3 Å². The summed E-state index contributed by atoms with van der Waals surface area (Å²) in [7, 11) is 1.77. The zero-order valence-corrected chi connectivity index (χ0v) is 14.7. The summed E-state index contributed by atoms with van der Waals surface area (Å²) >= 11 is 0. The Hall–Kier alpha value is -2.24. The lowest BCUT2D eigenvalue weighted by molar-refractivity contribution is 0.0439. The lowest BCUT2D eigenvalue weighted by atomic mass is 9.95. The van der Waals surface area contributed by atoms with Crippen molar-refractivity contribution in [1.29, 1.82) is 0 Å². The summed E-state index contributed by atoms with van der Waals surface area (Å²) in [5, 5.41) is 3.40. The fourth-order valence-electron chi connectivity index (χ4n) is 4.28. The van der Waals surface area contributed by atoms with Gasteiger partial charge in [-0.2, -0.15) is 0 Å². The van der Waals surface area contributed by atoms with Crippen LogP contribution < -0.4 is 5.32 Å². The minimum Gasteiger partial charge on any atom is -0.441 e. The summed E-state index contributed by atoms with van der Waals surface area (Å²) in [6.45, 7) is 2.88. The van der Waals surface area contributed by atoms with Crippen LogP contribution in [0.2, 0.25) is 0 Å². The molecule has 0 saturated carbocycles. The first-order valence-corrected chi connectivity index (χ1v) is 9.17. The molecule has 2 saturated heterocycles. The van der Waals surface area contributed by atoms with Crippen molar-refractivity contribution in [3.05, 3.63) is 29.3 Å². The molecule has 25 heavy (non-hydrogen) atoms. The van der Waals surface area contributed by atoms with Crippen LogP contribution >= 0.6 is 0 Å². The average Bonchev–Trinajstić information content (AvgIpc) is 2.79. The number of carbonyl (C=O) groups excluding carboxylic acids is 2. The number of nitrogens with one attached hydrogen (secondary N) is 1. The second-order valence-corrected chi connectivity index (χ2v) is 7.42. The third-order valence-corrected chi connectivity index (χ3v) is 5.63. The van der Waals surface area contributed by atoms with Crippen molar-refractivity contribution >= 4 is 17.7 Å². The zero-order chi connectivity index (χ0) is 17.4. The first-order valence-electron chi connectivity index (χ1n) is 9.17. The Bertz CT molecular complexity index is 705. The van der Waals surface area contributed by atoms with E-state index in [9.17, 15) is 9.59 Å². The number of hydrogen-bond donors (Lipinski definition) is 1. The third kappa shape index (κ3) is 2.94. The standard InChI is InChI=1S/C19H25N3O3/c1-21-13-19(25-18(21)24)8-4-11-22(12-9-19)17(23)15-7-2-5-14-6-3-10-20-16(14)15/h2,5,7,20H,3-4,6,8-13H2,1H3.